The van der Waals surface area contributed by atoms with Crippen molar-refractivity contribution < 1.29 is 19.0 Å². The Labute approximate surface area is 219 Å². The Morgan fingerprint density at radius 1 is 1.11 bits per heavy atom. The normalized spacial score (nSPS) is 14.3. The minimum absolute atomic E-state index is 0.101. The molecular weight excluding hydrogens is 501 g/mol. The van der Waals surface area contributed by atoms with Gasteiger partial charge in [0.25, 0.3) is 5.56 Å². The third-order valence-electron chi connectivity index (χ3n) is 6.18. The van der Waals surface area contributed by atoms with Crippen molar-refractivity contribution in [3.8, 4) is 11.4 Å². The zero-order valence-corrected chi connectivity index (χ0v) is 22.1. The van der Waals surface area contributed by atoms with Gasteiger partial charge in [-0.1, -0.05) is 11.6 Å². The highest BCUT2D eigenvalue weighted by molar-refractivity contribution is 6.31. The first-order chi connectivity index (χ1) is 17.4. The van der Waals surface area contributed by atoms with Gasteiger partial charge in [-0.25, -0.2) is 14.2 Å². The Morgan fingerprint density at radius 3 is 2.51 bits per heavy atom. The molecule has 1 aliphatic rings. The molecule has 11 heteroatoms. The number of urea groups is 1. The fourth-order valence-electron chi connectivity index (χ4n) is 4.24. The van der Waals surface area contributed by atoms with Crippen molar-refractivity contribution in [2.24, 2.45) is 0 Å². The van der Waals surface area contributed by atoms with E-state index in [1.807, 2.05) is 0 Å². The van der Waals surface area contributed by atoms with Crippen LogP contribution >= 0.6 is 11.6 Å². The molecule has 0 aliphatic carbocycles. The van der Waals surface area contributed by atoms with Crippen molar-refractivity contribution in [3.05, 3.63) is 74.3 Å². The predicted octanol–water partition coefficient (Wildman–Crippen LogP) is 4.28. The maximum Gasteiger partial charge on any atom is 0.327 e. The fourth-order valence-corrected chi connectivity index (χ4v) is 4.43. The Balaban J connectivity index is 1.68. The molecular formula is C26H29ClFN5O4. The van der Waals surface area contributed by atoms with Gasteiger partial charge in [0, 0.05) is 43.3 Å². The minimum atomic E-state index is -1.32. The second-order valence-electron chi connectivity index (χ2n) is 9.60. The van der Waals surface area contributed by atoms with E-state index in [2.05, 4.69) is 9.97 Å². The molecule has 1 saturated heterocycles. The third-order valence-corrected chi connectivity index (χ3v) is 6.53. The lowest BCUT2D eigenvalue weighted by molar-refractivity contribution is -0.0521. The van der Waals surface area contributed by atoms with Gasteiger partial charge < -0.3 is 9.84 Å². The molecule has 1 aliphatic heterocycles. The average Bonchev–Trinajstić information content (AvgIpc) is 2.82. The highest BCUT2D eigenvalue weighted by Crippen LogP contribution is 2.28. The number of nitrogens with zero attached hydrogens (tertiary/aromatic N) is 5. The summed E-state index contributed by atoms with van der Waals surface area (Å²) < 4.78 is 21.2. The first-order valence-corrected chi connectivity index (χ1v) is 12.2. The van der Waals surface area contributed by atoms with E-state index < -0.39 is 17.1 Å². The molecule has 1 fully saturated rings. The van der Waals surface area contributed by atoms with Crippen LogP contribution in [0.2, 0.25) is 5.02 Å². The summed E-state index contributed by atoms with van der Waals surface area (Å²) in [7, 11) is 0. The topological polar surface area (TPSA) is 101 Å². The highest BCUT2D eigenvalue weighted by Gasteiger charge is 2.36. The Morgan fingerprint density at radius 2 is 1.84 bits per heavy atom. The average molecular weight is 530 g/mol. The van der Waals surface area contributed by atoms with Crippen molar-refractivity contribution in [2.45, 2.75) is 53.4 Å². The lowest BCUT2D eigenvalue weighted by Crippen LogP contribution is -2.57. The van der Waals surface area contributed by atoms with Crippen molar-refractivity contribution in [1.29, 1.82) is 0 Å². The summed E-state index contributed by atoms with van der Waals surface area (Å²) in [6.45, 7) is 9.02. The van der Waals surface area contributed by atoms with Gasteiger partial charge in [-0.2, -0.15) is 0 Å². The SMILES string of the molecule is Cc1cnc(COc2cc(C)n(-c3cc(N4CCCN(C(C)(C)O)C4=O)ncc3C)c(=O)c2Cl)c(F)c1. The van der Waals surface area contributed by atoms with Crippen molar-refractivity contribution in [2.75, 3.05) is 18.0 Å². The molecule has 0 unspecified atom stereocenters. The number of hydrogen-bond donors (Lipinski definition) is 1. The summed E-state index contributed by atoms with van der Waals surface area (Å²) >= 11 is 6.40. The number of halogens is 2. The fraction of sp³-hybridized carbons (Fsp3) is 0.385. The molecule has 3 aromatic heterocycles. The lowest BCUT2D eigenvalue weighted by atomic mass is 10.2. The number of carbonyl (C=O) groups excluding carboxylic acids is 1. The van der Waals surface area contributed by atoms with E-state index >= 15 is 0 Å². The monoisotopic (exact) mass is 529 g/mol. The van der Waals surface area contributed by atoms with Gasteiger partial charge in [-0.05, 0) is 58.2 Å². The zero-order valence-electron chi connectivity index (χ0n) is 21.4. The first kappa shape index (κ1) is 26.6. The molecule has 4 rings (SSSR count). The second-order valence-corrected chi connectivity index (χ2v) is 9.98. The van der Waals surface area contributed by atoms with Crippen molar-refractivity contribution >= 4 is 23.4 Å². The molecule has 0 bridgehead atoms. The van der Waals surface area contributed by atoms with E-state index in [0.717, 1.165) is 0 Å². The molecule has 9 nitrogen and oxygen atoms in total. The third kappa shape index (κ3) is 5.30. The number of aromatic nitrogens is 3. The standard InChI is InChI=1S/C26H29ClFN5O4/c1-15-9-18(28)19(29-12-15)14-37-21-10-17(3)33(24(34)23(21)27)20-11-22(30-13-16(20)2)31-7-6-8-32(25(31)35)26(4,5)36/h9-13,36H,6-8,14H2,1-5H3. The first-order valence-electron chi connectivity index (χ1n) is 11.8. The molecule has 3 aromatic rings. The number of anilines is 1. The van der Waals surface area contributed by atoms with Gasteiger partial charge in [0.05, 0.1) is 5.69 Å². The molecule has 196 valence electrons. The number of amides is 2. The maximum absolute atomic E-state index is 14.2. The Hall–Kier alpha value is -3.50. The minimum Gasteiger partial charge on any atom is -0.485 e. The van der Waals surface area contributed by atoms with Gasteiger partial charge in [0.2, 0.25) is 0 Å². The van der Waals surface area contributed by atoms with Crippen LogP contribution in [0.5, 0.6) is 5.75 Å². The van der Waals surface area contributed by atoms with Crippen LogP contribution < -0.4 is 15.2 Å². The Kier molecular flexibility index (Phi) is 7.25. The van der Waals surface area contributed by atoms with Crippen LogP contribution in [0.25, 0.3) is 5.69 Å². The van der Waals surface area contributed by atoms with Crippen LogP contribution in [-0.2, 0) is 6.61 Å². The molecule has 0 radical (unpaired) electrons. The molecule has 1 N–H and O–H groups in total. The van der Waals surface area contributed by atoms with Gasteiger partial charge >= 0.3 is 6.03 Å². The smallest absolute Gasteiger partial charge is 0.327 e. The summed E-state index contributed by atoms with van der Waals surface area (Å²) in [6.07, 6.45) is 3.76. The van der Waals surface area contributed by atoms with E-state index in [1.54, 1.807) is 52.9 Å². The number of hydrogen-bond acceptors (Lipinski definition) is 6. The van der Waals surface area contributed by atoms with E-state index in [1.165, 1.54) is 26.6 Å². The van der Waals surface area contributed by atoms with E-state index in [4.69, 9.17) is 16.3 Å². The summed E-state index contributed by atoms with van der Waals surface area (Å²) in [5, 5.41) is 10.2. The van der Waals surface area contributed by atoms with Crippen LogP contribution in [0.1, 0.15) is 42.8 Å². The quantitative estimate of drug-likeness (QED) is 0.511. The molecule has 4 heterocycles. The summed E-state index contributed by atoms with van der Waals surface area (Å²) in [5.41, 5.74) is 0.640. The van der Waals surface area contributed by atoms with Crippen LogP contribution in [0.15, 0.2) is 35.4 Å². The summed E-state index contributed by atoms with van der Waals surface area (Å²) in [4.78, 5) is 37.7. The van der Waals surface area contributed by atoms with Gasteiger partial charge in [0.1, 0.15) is 40.4 Å². The van der Waals surface area contributed by atoms with Crippen molar-refractivity contribution in [1.82, 2.24) is 19.4 Å². The molecule has 2 amide bonds. The lowest BCUT2D eigenvalue weighted by Gasteiger charge is -2.41. The summed E-state index contributed by atoms with van der Waals surface area (Å²) in [5.74, 6) is -0.0408. The number of carbonyl (C=O) groups is 1. The van der Waals surface area contributed by atoms with Crippen LogP contribution in [-0.4, -0.2) is 49.4 Å². The van der Waals surface area contributed by atoms with Gasteiger partial charge in [-0.3, -0.25) is 24.1 Å². The van der Waals surface area contributed by atoms with Crippen LogP contribution in [0, 0.1) is 26.6 Å². The number of aryl methyl sites for hydroxylation is 3. The molecule has 0 spiro atoms. The Bertz CT molecular complexity index is 1420. The van der Waals surface area contributed by atoms with Crippen molar-refractivity contribution in [3.63, 3.8) is 0 Å². The van der Waals surface area contributed by atoms with Crippen LogP contribution in [0.3, 0.4) is 0 Å². The predicted molar refractivity (Wildman–Crippen MR) is 138 cm³/mol. The second kappa shape index (κ2) is 10.1. The largest absolute Gasteiger partial charge is 0.485 e. The number of pyridine rings is 3. The van der Waals surface area contributed by atoms with E-state index in [9.17, 15) is 19.1 Å². The number of rotatable bonds is 6. The van der Waals surface area contributed by atoms with Gasteiger partial charge in [-0.15, -0.1) is 0 Å². The molecule has 37 heavy (non-hydrogen) atoms. The van der Waals surface area contributed by atoms with E-state index in [-0.39, 0.29) is 29.1 Å². The number of ether oxygens (including phenoxy) is 1. The van der Waals surface area contributed by atoms with E-state index in [0.29, 0.717) is 47.8 Å². The van der Waals surface area contributed by atoms with Gasteiger partial charge in [0.15, 0.2) is 0 Å². The van der Waals surface area contributed by atoms with Crippen LogP contribution in [0.4, 0.5) is 15.0 Å². The zero-order chi connectivity index (χ0) is 27.1. The summed E-state index contributed by atoms with van der Waals surface area (Å²) in [6, 6.07) is 4.23. The molecule has 0 aromatic carbocycles. The molecule has 0 saturated carbocycles. The maximum atomic E-state index is 14.2. The highest BCUT2D eigenvalue weighted by atomic mass is 35.5. The molecule has 0 atom stereocenters. The number of aliphatic hydroxyl groups is 1.